The Bertz CT molecular complexity index is 1140. The average Bonchev–Trinajstić information content (AvgIpc) is 3.61. The van der Waals surface area contributed by atoms with Gasteiger partial charge in [-0.15, -0.1) is 0 Å². The molecule has 7 heteroatoms. The third kappa shape index (κ3) is 4.44. The third-order valence-electron chi connectivity index (χ3n) is 7.97. The zero-order valence-corrected chi connectivity index (χ0v) is 20.8. The largest absolute Gasteiger partial charge is 0.380 e. The summed E-state index contributed by atoms with van der Waals surface area (Å²) in [5.74, 6) is 0.307. The van der Waals surface area contributed by atoms with Crippen molar-refractivity contribution >= 4 is 34.6 Å². The van der Waals surface area contributed by atoms with E-state index in [9.17, 15) is 4.79 Å². The zero-order valence-electron chi connectivity index (χ0n) is 20.1. The van der Waals surface area contributed by atoms with Crippen LogP contribution in [0.5, 0.6) is 0 Å². The minimum atomic E-state index is 0.108. The molecule has 3 aliphatic heterocycles. The minimum Gasteiger partial charge on any atom is -0.380 e. The molecule has 3 saturated heterocycles. The normalized spacial score (nSPS) is 23.3. The number of carbonyl (C=O) groups is 1. The van der Waals surface area contributed by atoms with Crippen LogP contribution in [0.25, 0.3) is 5.70 Å². The van der Waals surface area contributed by atoms with E-state index in [4.69, 9.17) is 16.3 Å². The van der Waals surface area contributed by atoms with E-state index < -0.39 is 0 Å². The second-order valence-electron chi connectivity index (χ2n) is 10.5. The van der Waals surface area contributed by atoms with Gasteiger partial charge in [0.25, 0.3) is 0 Å². The van der Waals surface area contributed by atoms with Crippen molar-refractivity contribution in [1.82, 2.24) is 10.2 Å². The van der Waals surface area contributed by atoms with E-state index in [0.29, 0.717) is 0 Å². The highest BCUT2D eigenvalue weighted by atomic mass is 35.5. The molecule has 1 saturated carbocycles. The molecule has 184 valence electrons. The summed E-state index contributed by atoms with van der Waals surface area (Å²) in [6.07, 6.45) is 3.12. The number of rotatable bonds is 6. The van der Waals surface area contributed by atoms with Gasteiger partial charge in [-0.1, -0.05) is 36.4 Å². The molecule has 0 aromatic heterocycles. The second kappa shape index (κ2) is 9.16. The van der Waals surface area contributed by atoms with E-state index in [1.807, 2.05) is 24.3 Å². The molecule has 35 heavy (non-hydrogen) atoms. The van der Waals surface area contributed by atoms with Gasteiger partial charge in [0.1, 0.15) is 0 Å². The van der Waals surface area contributed by atoms with Gasteiger partial charge in [0.05, 0.1) is 19.3 Å². The number of piperazine rings is 1. The Balaban J connectivity index is 1.33. The summed E-state index contributed by atoms with van der Waals surface area (Å²) in [4.78, 5) is 17.3. The molecule has 1 amide bonds. The predicted octanol–water partition coefficient (Wildman–Crippen LogP) is 4.53. The summed E-state index contributed by atoms with van der Waals surface area (Å²) in [6.45, 7) is 10.8. The highest BCUT2D eigenvalue weighted by Gasteiger charge is 2.45. The molecule has 1 aliphatic carbocycles. The van der Waals surface area contributed by atoms with E-state index in [1.54, 1.807) is 0 Å². The number of anilines is 2. The summed E-state index contributed by atoms with van der Waals surface area (Å²) in [5, 5.41) is 7.45. The van der Waals surface area contributed by atoms with E-state index in [2.05, 4.69) is 45.2 Å². The highest BCUT2D eigenvalue weighted by Crippen LogP contribution is 2.43. The fourth-order valence-electron chi connectivity index (χ4n) is 5.68. The average molecular weight is 493 g/mol. The Hall–Kier alpha value is -2.54. The number of hydrogen-bond donors (Lipinski definition) is 2. The lowest BCUT2D eigenvalue weighted by molar-refractivity contribution is -0.117. The maximum absolute atomic E-state index is 12.5. The Morgan fingerprint density at radius 1 is 1.17 bits per heavy atom. The van der Waals surface area contributed by atoms with Crippen LogP contribution < -0.4 is 15.5 Å². The van der Waals surface area contributed by atoms with Gasteiger partial charge < -0.3 is 25.2 Å². The van der Waals surface area contributed by atoms with Gasteiger partial charge in [0.15, 0.2) is 0 Å². The first kappa shape index (κ1) is 22.9. The maximum Gasteiger partial charge on any atom is 0.227 e. The number of amides is 1. The van der Waals surface area contributed by atoms with Crippen molar-refractivity contribution in [2.24, 2.45) is 11.3 Å². The fourth-order valence-corrected chi connectivity index (χ4v) is 5.94. The van der Waals surface area contributed by atoms with Gasteiger partial charge in [-0.05, 0) is 49.1 Å². The van der Waals surface area contributed by atoms with Crippen LogP contribution in [-0.4, -0.2) is 56.7 Å². The van der Waals surface area contributed by atoms with Gasteiger partial charge in [0.2, 0.25) is 5.91 Å². The molecule has 4 fully saturated rings. The van der Waals surface area contributed by atoms with Gasteiger partial charge >= 0.3 is 0 Å². The summed E-state index contributed by atoms with van der Waals surface area (Å²) in [6, 6.07) is 14.5. The quantitative estimate of drug-likeness (QED) is 0.620. The molecular formula is C28H33ClN4O2. The lowest BCUT2D eigenvalue weighted by Crippen LogP contribution is -2.45. The number of ether oxygens (including phenoxy) is 1. The van der Waals surface area contributed by atoms with Crippen LogP contribution in [0.4, 0.5) is 11.4 Å². The zero-order chi connectivity index (χ0) is 24.0. The number of nitrogens with zero attached hydrogens (tertiary/aromatic N) is 2. The number of halogens is 1. The minimum absolute atomic E-state index is 0.108. The van der Waals surface area contributed by atoms with Gasteiger partial charge in [-0.3, -0.25) is 4.79 Å². The molecule has 6 nitrogen and oxygen atoms in total. The SMILES string of the molecule is C=C(c1ccc(NC(=O)C2CC2)cc1N1CCC2(COC2)C1)N1CCNCC1c1ccccc1Cl. The monoisotopic (exact) mass is 492 g/mol. The van der Waals surface area contributed by atoms with Crippen molar-refractivity contribution in [2.75, 3.05) is 56.2 Å². The van der Waals surface area contributed by atoms with Crippen molar-refractivity contribution in [3.05, 3.63) is 65.2 Å². The molecule has 1 unspecified atom stereocenters. The number of hydrogen-bond acceptors (Lipinski definition) is 5. The Kier molecular flexibility index (Phi) is 5.99. The molecule has 0 bridgehead atoms. The standard InChI is InChI=1S/C28H33ClN4O2/c1-19(33-13-11-30-15-26(33)23-4-2-3-5-24(23)29)22-9-8-21(31-27(34)20-6-7-20)14-25(22)32-12-10-28(16-32)17-35-18-28/h2-5,8-9,14,20,26,30H,1,6-7,10-13,15-18H2,(H,31,34). The molecule has 6 rings (SSSR count). The van der Waals surface area contributed by atoms with Crippen LogP contribution in [0.1, 0.15) is 36.4 Å². The Morgan fingerprint density at radius 2 is 2.00 bits per heavy atom. The first-order valence-corrected chi connectivity index (χ1v) is 13.1. The maximum atomic E-state index is 12.5. The molecule has 2 aromatic carbocycles. The van der Waals surface area contributed by atoms with E-state index in [1.165, 1.54) is 0 Å². The Morgan fingerprint density at radius 3 is 2.71 bits per heavy atom. The fraction of sp³-hybridized carbons (Fsp3) is 0.464. The lowest BCUT2D eigenvalue weighted by Gasteiger charge is -2.41. The lowest BCUT2D eigenvalue weighted by atomic mass is 9.85. The van der Waals surface area contributed by atoms with Crippen molar-refractivity contribution in [3.63, 3.8) is 0 Å². The van der Waals surface area contributed by atoms with Crippen LogP contribution in [0.2, 0.25) is 5.02 Å². The van der Waals surface area contributed by atoms with Crippen molar-refractivity contribution in [1.29, 1.82) is 0 Å². The van der Waals surface area contributed by atoms with Gasteiger partial charge in [0, 0.05) is 71.7 Å². The molecule has 2 aromatic rings. The first-order valence-electron chi connectivity index (χ1n) is 12.7. The van der Waals surface area contributed by atoms with E-state index in [-0.39, 0.29) is 23.3 Å². The predicted molar refractivity (Wildman–Crippen MR) is 141 cm³/mol. The van der Waals surface area contributed by atoms with Crippen LogP contribution in [-0.2, 0) is 9.53 Å². The number of benzene rings is 2. The summed E-state index contributed by atoms with van der Waals surface area (Å²) < 4.78 is 5.57. The van der Waals surface area contributed by atoms with Crippen LogP contribution in [0, 0.1) is 11.3 Å². The number of nitrogens with one attached hydrogen (secondary N) is 2. The van der Waals surface area contributed by atoms with Crippen LogP contribution in [0.3, 0.4) is 0 Å². The molecule has 1 atom stereocenters. The van der Waals surface area contributed by atoms with E-state index >= 15 is 0 Å². The smallest absolute Gasteiger partial charge is 0.227 e. The van der Waals surface area contributed by atoms with Crippen molar-refractivity contribution < 1.29 is 9.53 Å². The third-order valence-corrected chi connectivity index (χ3v) is 8.32. The van der Waals surface area contributed by atoms with E-state index in [0.717, 1.165) is 98.4 Å². The molecular weight excluding hydrogens is 460 g/mol. The Labute approximate surface area is 212 Å². The molecule has 2 N–H and O–H groups in total. The molecule has 3 heterocycles. The first-order chi connectivity index (χ1) is 17.0. The van der Waals surface area contributed by atoms with Crippen molar-refractivity contribution in [2.45, 2.75) is 25.3 Å². The summed E-state index contributed by atoms with van der Waals surface area (Å²) >= 11 is 6.62. The topological polar surface area (TPSA) is 56.8 Å². The van der Waals surface area contributed by atoms with Crippen LogP contribution in [0.15, 0.2) is 49.0 Å². The van der Waals surface area contributed by atoms with Gasteiger partial charge in [-0.25, -0.2) is 0 Å². The van der Waals surface area contributed by atoms with Crippen LogP contribution >= 0.6 is 11.6 Å². The second-order valence-corrected chi connectivity index (χ2v) is 10.9. The summed E-state index contributed by atoms with van der Waals surface area (Å²) in [7, 11) is 0. The molecule has 4 aliphatic rings. The highest BCUT2D eigenvalue weighted by molar-refractivity contribution is 6.31. The molecule has 0 radical (unpaired) electrons. The van der Waals surface area contributed by atoms with Gasteiger partial charge in [-0.2, -0.15) is 0 Å². The summed E-state index contributed by atoms with van der Waals surface area (Å²) in [5.41, 5.74) is 5.50. The molecule has 1 spiro atoms. The van der Waals surface area contributed by atoms with Crippen molar-refractivity contribution in [3.8, 4) is 0 Å². The number of carbonyl (C=O) groups excluding carboxylic acids is 1.